The monoisotopic (exact) mass is 417 g/mol. The highest BCUT2D eigenvalue weighted by Gasteiger charge is 2.27. The Hall–Kier alpha value is -2.71. The highest BCUT2D eigenvalue weighted by Crippen LogP contribution is 2.21. The summed E-state index contributed by atoms with van der Waals surface area (Å²) in [5.41, 5.74) is 0.581. The zero-order valence-electron chi connectivity index (χ0n) is 16.3. The van der Waals surface area contributed by atoms with Gasteiger partial charge < -0.3 is 9.47 Å². The van der Waals surface area contributed by atoms with Gasteiger partial charge >= 0.3 is 5.97 Å². The third-order valence-corrected chi connectivity index (χ3v) is 6.73. The van der Waals surface area contributed by atoms with E-state index in [0.717, 1.165) is 12.8 Å². The first-order valence-corrected chi connectivity index (χ1v) is 10.8. The molecule has 1 aliphatic rings. The maximum atomic E-state index is 12.5. The van der Waals surface area contributed by atoms with Crippen LogP contribution < -0.4 is 4.74 Å². The predicted octanol–water partition coefficient (Wildman–Crippen LogP) is 2.91. The lowest BCUT2D eigenvalue weighted by molar-refractivity contribution is 0.0318. The minimum atomic E-state index is -3.54. The van der Waals surface area contributed by atoms with Gasteiger partial charge in [0.05, 0.1) is 17.6 Å². The van der Waals surface area contributed by atoms with E-state index >= 15 is 0 Å². The first-order chi connectivity index (χ1) is 13.8. The second-order valence-electron chi connectivity index (χ2n) is 6.78. The highest BCUT2D eigenvalue weighted by molar-refractivity contribution is 7.89. The van der Waals surface area contributed by atoms with Gasteiger partial charge in [0.25, 0.3) is 0 Å². The van der Waals surface area contributed by atoms with Gasteiger partial charge in [0.15, 0.2) is 6.10 Å². The molecule has 0 N–H and O–H groups in total. The van der Waals surface area contributed by atoms with Crippen LogP contribution in [0.2, 0.25) is 0 Å². The van der Waals surface area contributed by atoms with E-state index in [1.807, 2.05) is 0 Å². The van der Waals surface area contributed by atoms with E-state index in [0.29, 0.717) is 24.4 Å². The van der Waals surface area contributed by atoms with Crippen LogP contribution in [-0.4, -0.2) is 50.8 Å². The molecule has 0 bridgehead atoms. The van der Waals surface area contributed by atoms with Crippen molar-refractivity contribution in [2.45, 2.75) is 30.8 Å². The number of carbonyl (C=O) groups excluding carboxylic acids is 2. The van der Waals surface area contributed by atoms with Crippen LogP contribution in [-0.2, 0) is 14.8 Å². The molecule has 2 aromatic carbocycles. The van der Waals surface area contributed by atoms with Gasteiger partial charge in [-0.1, -0.05) is 0 Å². The van der Waals surface area contributed by atoms with Crippen molar-refractivity contribution < 1.29 is 27.5 Å². The Labute approximate surface area is 170 Å². The van der Waals surface area contributed by atoms with Crippen LogP contribution in [0.1, 0.15) is 40.5 Å². The Morgan fingerprint density at radius 1 is 0.931 bits per heavy atom. The minimum Gasteiger partial charge on any atom is -0.497 e. The molecule has 1 heterocycles. The summed E-state index contributed by atoms with van der Waals surface area (Å²) in [5, 5.41) is 0. The number of Topliss-reactive ketones (excluding diaryl/α,β-unsaturated/α-hetero) is 1. The number of nitrogens with zero attached hydrogens (tertiary/aromatic N) is 1. The fraction of sp³-hybridized carbons (Fsp3) is 0.333. The lowest BCUT2D eigenvalue weighted by atomic mass is 10.1. The molecule has 1 saturated heterocycles. The topological polar surface area (TPSA) is 90.0 Å². The van der Waals surface area contributed by atoms with Gasteiger partial charge in [-0.15, -0.1) is 0 Å². The molecule has 0 radical (unpaired) electrons. The zero-order valence-corrected chi connectivity index (χ0v) is 17.1. The molecule has 0 saturated carbocycles. The van der Waals surface area contributed by atoms with Crippen LogP contribution in [0.5, 0.6) is 5.75 Å². The second kappa shape index (κ2) is 8.75. The van der Waals surface area contributed by atoms with Crippen molar-refractivity contribution in [1.29, 1.82) is 0 Å². The molecule has 3 rings (SSSR count). The van der Waals surface area contributed by atoms with E-state index in [1.54, 1.807) is 24.3 Å². The molecule has 1 atom stereocenters. The first-order valence-electron chi connectivity index (χ1n) is 9.32. The van der Waals surface area contributed by atoms with Gasteiger partial charge in [0.2, 0.25) is 15.8 Å². The molecule has 1 fully saturated rings. The van der Waals surface area contributed by atoms with E-state index in [9.17, 15) is 18.0 Å². The van der Waals surface area contributed by atoms with Crippen LogP contribution in [0.4, 0.5) is 0 Å². The van der Waals surface area contributed by atoms with Crippen LogP contribution in [0.25, 0.3) is 0 Å². The number of carbonyl (C=O) groups is 2. The summed E-state index contributed by atoms with van der Waals surface area (Å²) >= 11 is 0. The number of ether oxygens (including phenoxy) is 2. The fourth-order valence-electron chi connectivity index (χ4n) is 3.11. The molecular formula is C21H23NO6S. The highest BCUT2D eigenvalue weighted by atomic mass is 32.2. The third kappa shape index (κ3) is 4.65. The maximum absolute atomic E-state index is 12.5. The molecule has 8 heteroatoms. The van der Waals surface area contributed by atoms with Crippen LogP contribution in [0, 0.1) is 0 Å². The average Bonchev–Trinajstić information content (AvgIpc) is 3.29. The van der Waals surface area contributed by atoms with Gasteiger partial charge in [0, 0.05) is 18.7 Å². The maximum Gasteiger partial charge on any atom is 0.338 e. The van der Waals surface area contributed by atoms with E-state index in [4.69, 9.17) is 9.47 Å². The summed E-state index contributed by atoms with van der Waals surface area (Å²) < 4.78 is 36.8. The van der Waals surface area contributed by atoms with Gasteiger partial charge in [-0.3, -0.25) is 4.79 Å². The molecule has 1 aliphatic heterocycles. The Kier molecular flexibility index (Phi) is 6.34. The van der Waals surface area contributed by atoms with E-state index in [-0.39, 0.29) is 16.2 Å². The van der Waals surface area contributed by atoms with E-state index in [2.05, 4.69) is 0 Å². The molecular weight excluding hydrogens is 394 g/mol. The number of rotatable bonds is 7. The standard InChI is InChI=1S/C21H23NO6S/c1-15(20(23)16-5-9-18(27-2)10-6-16)28-21(24)17-7-11-19(12-8-17)29(25,26)22-13-3-4-14-22/h5-12,15H,3-4,13-14H2,1-2H3. The van der Waals surface area contributed by atoms with Gasteiger partial charge in [0.1, 0.15) is 5.75 Å². The van der Waals surface area contributed by atoms with Crippen molar-refractivity contribution in [2.24, 2.45) is 0 Å². The lowest BCUT2D eigenvalue weighted by Crippen LogP contribution is -2.28. The van der Waals surface area contributed by atoms with Crippen molar-refractivity contribution in [3.05, 3.63) is 59.7 Å². The predicted molar refractivity (Wildman–Crippen MR) is 107 cm³/mol. The molecule has 0 aromatic heterocycles. The number of ketones is 1. The summed E-state index contributed by atoms with van der Waals surface area (Å²) in [6.45, 7) is 2.52. The molecule has 7 nitrogen and oxygen atoms in total. The van der Waals surface area contributed by atoms with Gasteiger partial charge in [-0.2, -0.15) is 4.31 Å². The smallest absolute Gasteiger partial charge is 0.338 e. The van der Waals surface area contributed by atoms with Gasteiger partial charge in [-0.05, 0) is 68.3 Å². The summed E-state index contributed by atoms with van der Waals surface area (Å²) in [4.78, 5) is 24.9. The Morgan fingerprint density at radius 3 is 2.03 bits per heavy atom. The lowest BCUT2D eigenvalue weighted by Gasteiger charge is -2.16. The summed E-state index contributed by atoms with van der Waals surface area (Å²) in [5.74, 6) is -0.408. The molecule has 154 valence electrons. The molecule has 0 spiro atoms. The van der Waals surface area contributed by atoms with E-state index < -0.39 is 22.1 Å². The number of benzene rings is 2. The SMILES string of the molecule is COc1ccc(C(=O)C(C)OC(=O)c2ccc(S(=O)(=O)N3CCCC3)cc2)cc1. The van der Waals surface area contributed by atoms with Crippen molar-refractivity contribution in [3.8, 4) is 5.75 Å². The first kappa shape index (κ1) is 21.0. The van der Waals surface area contributed by atoms with Crippen molar-refractivity contribution in [3.63, 3.8) is 0 Å². The number of esters is 1. The fourth-order valence-corrected chi connectivity index (χ4v) is 4.63. The van der Waals surface area contributed by atoms with Crippen LogP contribution >= 0.6 is 0 Å². The van der Waals surface area contributed by atoms with Crippen molar-refractivity contribution in [1.82, 2.24) is 4.31 Å². The number of hydrogen-bond acceptors (Lipinski definition) is 6. The molecule has 0 aliphatic carbocycles. The molecule has 29 heavy (non-hydrogen) atoms. The summed E-state index contributed by atoms with van der Waals surface area (Å²) in [6.07, 6.45) is 0.719. The molecule has 2 aromatic rings. The summed E-state index contributed by atoms with van der Waals surface area (Å²) in [7, 11) is -2.01. The van der Waals surface area contributed by atoms with Crippen LogP contribution in [0.3, 0.4) is 0 Å². The zero-order chi connectivity index (χ0) is 21.0. The molecule has 0 amide bonds. The van der Waals surface area contributed by atoms with Crippen molar-refractivity contribution >= 4 is 21.8 Å². The Morgan fingerprint density at radius 2 is 1.48 bits per heavy atom. The molecule has 1 unspecified atom stereocenters. The van der Waals surface area contributed by atoms with Gasteiger partial charge in [-0.25, -0.2) is 13.2 Å². The Bertz CT molecular complexity index is 977. The number of methoxy groups -OCH3 is 1. The number of hydrogen-bond donors (Lipinski definition) is 0. The van der Waals surface area contributed by atoms with Crippen molar-refractivity contribution in [2.75, 3.05) is 20.2 Å². The second-order valence-corrected chi connectivity index (χ2v) is 8.71. The summed E-state index contributed by atoms with van der Waals surface area (Å²) in [6, 6.07) is 12.1. The van der Waals surface area contributed by atoms with Crippen LogP contribution in [0.15, 0.2) is 53.4 Å². The number of sulfonamides is 1. The van der Waals surface area contributed by atoms with E-state index in [1.165, 1.54) is 42.6 Å². The quantitative estimate of drug-likeness (QED) is 0.508. The Balaban J connectivity index is 1.66. The average molecular weight is 417 g/mol. The minimum absolute atomic E-state index is 0.137. The normalized spacial score (nSPS) is 15.7. The third-order valence-electron chi connectivity index (χ3n) is 4.82. The largest absolute Gasteiger partial charge is 0.497 e.